The molecule has 1 saturated carbocycles. The highest BCUT2D eigenvalue weighted by atomic mass is 127. The number of halogens is 1. The van der Waals surface area contributed by atoms with Crippen molar-refractivity contribution in [2.75, 3.05) is 19.6 Å². The number of carbonyl (C=O) groups is 1. The molecule has 1 rings (SSSR count). The molecule has 0 spiro atoms. The monoisotopic (exact) mass is 424 g/mol. The van der Waals surface area contributed by atoms with E-state index >= 15 is 0 Å². The Kier molecular flexibility index (Phi) is 11.7. The van der Waals surface area contributed by atoms with Gasteiger partial charge in [-0.2, -0.15) is 0 Å². The molecule has 2 atom stereocenters. The van der Waals surface area contributed by atoms with Crippen molar-refractivity contribution < 1.29 is 4.79 Å². The zero-order valence-corrected chi connectivity index (χ0v) is 16.8. The summed E-state index contributed by atoms with van der Waals surface area (Å²) in [5.74, 6) is 1.79. The van der Waals surface area contributed by atoms with Crippen molar-refractivity contribution >= 4 is 35.8 Å². The van der Waals surface area contributed by atoms with Crippen LogP contribution in [-0.4, -0.2) is 37.5 Å². The lowest BCUT2D eigenvalue weighted by atomic mass is 9.87. The fourth-order valence-corrected chi connectivity index (χ4v) is 2.63. The SMILES string of the molecule is CCNC(=NCCNC(=O)C(C)C)NC1CCCC(C)C1.I. The maximum absolute atomic E-state index is 11.5. The summed E-state index contributed by atoms with van der Waals surface area (Å²) >= 11 is 0. The fraction of sp³-hybridized carbons (Fsp3) is 0.875. The van der Waals surface area contributed by atoms with Gasteiger partial charge in [0, 0.05) is 25.0 Å². The van der Waals surface area contributed by atoms with E-state index in [1.165, 1.54) is 25.7 Å². The van der Waals surface area contributed by atoms with Gasteiger partial charge in [-0.25, -0.2) is 0 Å². The van der Waals surface area contributed by atoms with Gasteiger partial charge >= 0.3 is 0 Å². The Labute approximate surface area is 152 Å². The molecule has 6 heteroatoms. The molecule has 0 aliphatic heterocycles. The van der Waals surface area contributed by atoms with Crippen LogP contribution in [0, 0.1) is 11.8 Å². The molecule has 2 unspecified atom stereocenters. The largest absolute Gasteiger partial charge is 0.357 e. The van der Waals surface area contributed by atoms with E-state index in [9.17, 15) is 4.79 Å². The molecular weight excluding hydrogens is 391 g/mol. The van der Waals surface area contributed by atoms with Gasteiger partial charge in [0.15, 0.2) is 5.96 Å². The number of carbonyl (C=O) groups excluding carboxylic acids is 1. The van der Waals surface area contributed by atoms with Gasteiger partial charge in [0.2, 0.25) is 5.91 Å². The van der Waals surface area contributed by atoms with Crippen molar-refractivity contribution in [3.05, 3.63) is 0 Å². The lowest BCUT2D eigenvalue weighted by molar-refractivity contribution is -0.123. The van der Waals surface area contributed by atoms with Crippen LogP contribution in [0.4, 0.5) is 0 Å². The Bertz CT molecular complexity index is 347. The second kappa shape index (κ2) is 12.0. The molecule has 0 bridgehead atoms. The van der Waals surface area contributed by atoms with Gasteiger partial charge in [-0.15, -0.1) is 24.0 Å². The molecule has 1 aliphatic rings. The minimum atomic E-state index is 0. The Morgan fingerprint density at radius 3 is 2.59 bits per heavy atom. The first-order chi connectivity index (χ1) is 10.0. The van der Waals surface area contributed by atoms with Gasteiger partial charge < -0.3 is 16.0 Å². The topological polar surface area (TPSA) is 65.5 Å². The molecule has 0 aromatic heterocycles. The van der Waals surface area contributed by atoms with Gasteiger partial charge in [-0.1, -0.05) is 33.6 Å². The van der Waals surface area contributed by atoms with Gasteiger partial charge in [-0.3, -0.25) is 9.79 Å². The van der Waals surface area contributed by atoms with Crippen molar-refractivity contribution in [3.8, 4) is 0 Å². The summed E-state index contributed by atoms with van der Waals surface area (Å²) in [6, 6.07) is 0.525. The number of nitrogens with zero attached hydrogens (tertiary/aromatic N) is 1. The third kappa shape index (κ3) is 8.80. The Balaban J connectivity index is 0.00000441. The zero-order valence-electron chi connectivity index (χ0n) is 14.4. The maximum Gasteiger partial charge on any atom is 0.222 e. The van der Waals surface area contributed by atoms with E-state index in [-0.39, 0.29) is 35.8 Å². The first kappa shape index (κ1) is 21.5. The first-order valence-electron chi connectivity index (χ1n) is 8.35. The van der Waals surface area contributed by atoms with Crippen LogP contribution in [0.15, 0.2) is 4.99 Å². The molecular formula is C16H33IN4O. The number of hydrogen-bond acceptors (Lipinski definition) is 2. The summed E-state index contributed by atoms with van der Waals surface area (Å²) in [7, 11) is 0. The van der Waals surface area contributed by atoms with Crippen LogP contribution >= 0.6 is 24.0 Å². The van der Waals surface area contributed by atoms with Gasteiger partial charge in [0.05, 0.1) is 6.54 Å². The summed E-state index contributed by atoms with van der Waals surface area (Å²) in [5, 5.41) is 9.69. The maximum atomic E-state index is 11.5. The van der Waals surface area contributed by atoms with E-state index < -0.39 is 0 Å². The van der Waals surface area contributed by atoms with Gasteiger partial charge in [-0.05, 0) is 25.7 Å². The summed E-state index contributed by atoms with van der Waals surface area (Å²) in [5.41, 5.74) is 0. The molecule has 0 radical (unpaired) electrons. The smallest absolute Gasteiger partial charge is 0.222 e. The van der Waals surface area contributed by atoms with Crippen LogP contribution in [0.25, 0.3) is 0 Å². The van der Waals surface area contributed by atoms with Crippen LogP contribution in [0.5, 0.6) is 0 Å². The highest BCUT2D eigenvalue weighted by Crippen LogP contribution is 2.23. The van der Waals surface area contributed by atoms with Crippen molar-refractivity contribution in [3.63, 3.8) is 0 Å². The molecule has 22 heavy (non-hydrogen) atoms. The van der Waals surface area contributed by atoms with Crippen molar-refractivity contribution in [1.29, 1.82) is 0 Å². The molecule has 130 valence electrons. The molecule has 0 aromatic carbocycles. The second-order valence-corrected chi connectivity index (χ2v) is 6.32. The van der Waals surface area contributed by atoms with Crippen LogP contribution in [0.2, 0.25) is 0 Å². The van der Waals surface area contributed by atoms with Crippen molar-refractivity contribution in [2.24, 2.45) is 16.8 Å². The van der Waals surface area contributed by atoms with Gasteiger partial charge in [0.1, 0.15) is 0 Å². The first-order valence-corrected chi connectivity index (χ1v) is 8.35. The van der Waals surface area contributed by atoms with Crippen LogP contribution < -0.4 is 16.0 Å². The standard InChI is InChI=1S/C16H32N4O.HI/c1-5-17-16(19-10-9-18-15(21)12(2)3)20-14-8-6-7-13(4)11-14;/h12-14H,5-11H2,1-4H3,(H,18,21)(H2,17,19,20);1H. The minimum absolute atomic E-state index is 0. The number of guanidine groups is 1. The normalized spacial score (nSPS) is 22.0. The molecule has 1 aliphatic carbocycles. The van der Waals surface area contributed by atoms with Crippen molar-refractivity contribution in [1.82, 2.24) is 16.0 Å². The molecule has 1 amide bonds. The van der Waals surface area contributed by atoms with E-state index in [1.807, 2.05) is 13.8 Å². The van der Waals surface area contributed by atoms with E-state index in [4.69, 9.17) is 0 Å². The van der Waals surface area contributed by atoms with Crippen molar-refractivity contribution in [2.45, 2.75) is 59.4 Å². The van der Waals surface area contributed by atoms with E-state index in [2.05, 4.69) is 34.8 Å². The third-order valence-corrected chi connectivity index (χ3v) is 3.83. The molecule has 0 aromatic rings. The van der Waals surface area contributed by atoms with E-state index in [0.29, 0.717) is 19.1 Å². The minimum Gasteiger partial charge on any atom is -0.357 e. The summed E-state index contributed by atoms with van der Waals surface area (Å²) < 4.78 is 0. The average molecular weight is 424 g/mol. The summed E-state index contributed by atoms with van der Waals surface area (Å²) in [6.45, 7) is 10.2. The lowest BCUT2D eigenvalue weighted by Gasteiger charge is -2.28. The number of aliphatic imine (C=N–C) groups is 1. The number of hydrogen-bond donors (Lipinski definition) is 3. The number of nitrogens with one attached hydrogen (secondary N) is 3. The zero-order chi connectivity index (χ0) is 15.7. The molecule has 1 fully saturated rings. The predicted octanol–water partition coefficient (Wildman–Crippen LogP) is 2.51. The Hall–Kier alpha value is -0.530. The van der Waals surface area contributed by atoms with E-state index in [1.54, 1.807) is 0 Å². The summed E-state index contributed by atoms with van der Waals surface area (Å²) in [4.78, 5) is 16.0. The van der Waals surface area contributed by atoms with Crippen LogP contribution in [0.1, 0.15) is 53.4 Å². The fourth-order valence-electron chi connectivity index (χ4n) is 2.63. The van der Waals surface area contributed by atoms with E-state index in [0.717, 1.165) is 18.4 Å². The predicted molar refractivity (Wildman–Crippen MR) is 104 cm³/mol. The highest BCUT2D eigenvalue weighted by molar-refractivity contribution is 14.0. The highest BCUT2D eigenvalue weighted by Gasteiger charge is 2.19. The molecule has 0 heterocycles. The lowest BCUT2D eigenvalue weighted by Crippen LogP contribution is -2.45. The Morgan fingerprint density at radius 1 is 1.27 bits per heavy atom. The number of amides is 1. The molecule has 5 nitrogen and oxygen atoms in total. The van der Waals surface area contributed by atoms with Crippen LogP contribution in [-0.2, 0) is 4.79 Å². The Morgan fingerprint density at radius 2 is 2.00 bits per heavy atom. The third-order valence-electron chi connectivity index (χ3n) is 3.83. The number of rotatable bonds is 6. The summed E-state index contributed by atoms with van der Waals surface area (Å²) in [6.07, 6.45) is 5.07. The van der Waals surface area contributed by atoms with Gasteiger partial charge in [0.25, 0.3) is 0 Å². The quantitative estimate of drug-likeness (QED) is 0.266. The second-order valence-electron chi connectivity index (χ2n) is 6.32. The molecule has 0 saturated heterocycles. The van der Waals surface area contributed by atoms with Crippen LogP contribution in [0.3, 0.4) is 0 Å². The average Bonchev–Trinajstić information content (AvgIpc) is 2.43. The molecule has 3 N–H and O–H groups in total.